The van der Waals surface area contributed by atoms with Gasteiger partial charge in [-0.15, -0.1) is 0 Å². The van der Waals surface area contributed by atoms with E-state index in [0.29, 0.717) is 18.7 Å². The van der Waals surface area contributed by atoms with Gasteiger partial charge in [-0.3, -0.25) is 4.79 Å². The maximum absolute atomic E-state index is 11.6. The Labute approximate surface area is 125 Å². The number of carbonyl (C=O) groups excluding carboxylic acids is 1. The SMILES string of the molecule is CCOC(=O)C(CC)c1ccccc1N.c1cc2ccc1-2. The molecule has 0 fully saturated rings. The topological polar surface area (TPSA) is 52.3 Å². The van der Waals surface area contributed by atoms with Gasteiger partial charge >= 0.3 is 5.97 Å². The molecule has 2 N–H and O–H groups in total. The lowest BCUT2D eigenvalue weighted by Gasteiger charge is -2.15. The minimum atomic E-state index is -0.244. The summed E-state index contributed by atoms with van der Waals surface area (Å²) in [6, 6.07) is 15.9. The summed E-state index contributed by atoms with van der Waals surface area (Å²) in [5, 5.41) is 0. The first-order valence-corrected chi connectivity index (χ1v) is 7.28. The van der Waals surface area contributed by atoms with E-state index in [0.717, 1.165) is 5.56 Å². The predicted molar refractivity (Wildman–Crippen MR) is 86.0 cm³/mol. The fraction of sp³-hybridized carbons (Fsp3) is 0.278. The van der Waals surface area contributed by atoms with Crippen LogP contribution >= 0.6 is 0 Å². The summed E-state index contributed by atoms with van der Waals surface area (Å²) in [6.45, 7) is 4.16. The highest BCUT2D eigenvalue weighted by atomic mass is 16.5. The quantitative estimate of drug-likeness (QED) is 0.582. The molecule has 2 aliphatic carbocycles. The van der Waals surface area contributed by atoms with Crippen LogP contribution in [0.3, 0.4) is 0 Å². The van der Waals surface area contributed by atoms with Gasteiger partial charge < -0.3 is 10.5 Å². The van der Waals surface area contributed by atoms with Crippen molar-refractivity contribution in [3.05, 3.63) is 54.1 Å². The van der Waals surface area contributed by atoms with E-state index < -0.39 is 0 Å². The summed E-state index contributed by atoms with van der Waals surface area (Å²) in [6.07, 6.45) is 0.701. The van der Waals surface area contributed by atoms with Crippen molar-refractivity contribution in [2.75, 3.05) is 12.3 Å². The number of anilines is 1. The molecule has 3 heteroatoms. The third kappa shape index (κ3) is 3.43. The molecule has 2 aliphatic rings. The monoisotopic (exact) mass is 283 g/mol. The minimum Gasteiger partial charge on any atom is -0.466 e. The lowest BCUT2D eigenvalue weighted by Crippen LogP contribution is -2.16. The second kappa shape index (κ2) is 6.93. The summed E-state index contributed by atoms with van der Waals surface area (Å²) >= 11 is 0. The zero-order valence-corrected chi connectivity index (χ0v) is 12.5. The number of nitrogen functional groups attached to an aromatic ring is 1. The Morgan fingerprint density at radius 2 is 1.62 bits per heavy atom. The normalized spacial score (nSPS) is 11.9. The van der Waals surface area contributed by atoms with Crippen molar-refractivity contribution in [2.45, 2.75) is 26.2 Å². The van der Waals surface area contributed by atoms with E-state index in [1.807, 2.05) is 25.1 Å². The molecule has 1 aromatic carbocycles. The molecule has 1 unspecified atom stereocenters. The number of para-hydroxylation sites is 1. The molecule has 0 saturated carbocycles. The molecular weight excluding hydrogens is 262 g/mol. The van der Waals surface area contributed by atoms with Crippen LogP contribution in [0.1, 0.15) is 31.7 Å². The zero-order valence-electron chi connectivity index (χ0n) is 12.5. The van der Waals surface area contributed by atoms with Crippen LogP contribution < -0.4 is 5.73 Å². The lowest BCUT2D eigenvalue weighted by molar-refractivity contribution is -0.145. The first-order valence-electron chi connectivity index (χ1n) is 7.28. The molecule has 3 nitrogen and oxygen atoms in total. The van der Waals surface area contributed by atoms with Gasteiger partial charge in [0.05, 0.1) is 12.5 Å². The molecular formula is C18H21NO2. The Morgan fingerprint density at radius 3 is 2.00 bits per heavy atom. The summed E-state index contributed by atoms with van der Waals surface area (Å²) in [5.41, 5.74) is 10.2. The van der Waals surface area contributed by atoms with Gasteiger partial charge in [-0.25, -0.2) is 0 Å². The Bertz CT molecular complexity index is 584. The van der Waals surface area contributed by atoms with Gasteiger partial charge in [-0.2, -0.15) is 0 Å². The van der Waals surface area contributed by atoms with Gasteiger partial charge in [0.25, 0.3) is 0 Å². The number of benzene rings is 2. The number of esters is 1. The third-order valence-electron chi connectivity index (χ3n) is 3.57. The maximum atomic E-state index is 11.6. The fourth-order valence-corrected chi connectivity index (χ4v) is 2.25. The minimum absolute atomic E-state index is 0.196. The molecule has 0 aliphatic heterocycles. The molecule has 0 heterocycles. The lowest BCUT2D eigenvalue weighted by atomic mass is 9.95. The van der Waals surface area contributed by atoms with Crippen molar-refractivity contribution in [2.24, 2.45) is 0 Å². The first kappa shape index (κ1) is 15.1. The van der Waals surface area contributed by atoms with Crippen LogP contribution in [0.25, 0.3) is 11.1 Å². The van der Waals surface area contributed by atoms with Gasteiger partial charge in [0.2, 0.25) is 0 Å². The molecule has 0 spiro atoms. The largest absolute Gasteiger partial charge is 0.466 e. The van der Waals surface area contributed by atoms with E-state index in [4.69, 9.17) is 10.5 Å². The number of carbonyl (C=O) groups is 1. The molecule has 0 aromatic heterocycles. The first-order chi connectivity index (χ1) is 10.2. The van der Waals surface area contributed by atoms with Crippen molar-refractivity contribution >= 4 is 11.7 Å². The van der Waals surface area contributed by atoms with Crippen molar-refractivity contribution < 1.29 is 9.53 Å². The van der Waals surface area contributed by atoms with Gasteiger partial charge in [0.15, 0.2) is 0 Å². The van der Waals surface area contributed by atoms with Gasteiger partial charge in [0, 0.05) is 5.69 Å². The van der Waals surface area contributed by atoms with E-state index in [9.17, 15) is 4.79 Å². The van der Waals surface area contributed by atoms with Gasteiger partial charge in [-0.1, -0.05) is 49.4 Å². The average molecular weight is 283 g/mol. The van der Waals surface area contributed by atoms with Crippen LogP contribution in [0.5, 0.6) is 0 Å². The standard InChI is InChI=1S/C12H17NO2.C6H4/c1-3-9(12(14)15-4-2)10-7-5-6-8-11(10)13;1-2-6-4-3-5(1)6/h5-9H,3-4,13H2,1-2H3;1-4H. The van der Waals surface area contributed by atoms with Crippen molar-refractivity contribution in [1.29, 1.82) is 0 Å². The van der Waals surface area contributed by atoms with E-state index in [-0.39, 0.29) is 11.9 Å². The molecule has 1 aromatic rings. The predicted octanol–water partition coefficient (Wildman–Crippen LogP) is 3.99. The van der Waals surface area contributed by atoms with Crippen LogP contribution in [-0.4, -0.2) is 12.6 Å². The highest BCUT2D eigenvalue weighted by Gasteiger charge is 2.21. The fourth-order valence-electron chi connectivity index (χ4n) is 2.25. The molecule has 0 saturated heterocycles. The van der Waals surface area contributed by atoms with Gasteiger partial charge in [-0.05, 0) is 36.1 Å². The Hall–Kier alpha value is -2.29. The smallest absolute Gasteiger partial charge is 0.313 e. The molecule has 110 valence electrons. The highest BCUT2D eigenvalue weighted by molar-refractivity contribution is 5.80. The number of nitrogens with two attached hydrogens (primary N) is 1. The zero-order chi connectivity index (χ0) is 15.2. The molecule has 3 rings (SSSR count). The number of rotatable bonds is 4. The molecule has 0 bridgehead atoms. The number of hydrogen-bond acceptors (Lipinski definition) is 3. The molecule has 21 heavy (non-hydrogen) atoms. The number of ether oxygens (including phenoxy) is 1. The maximum Gasteiger partial charge on any atom is 0.313 e. The van der Waals surface area contributed by atoms with Crippen LogP contribution in [-0.2, 0) is 9.53 Å². The van der Waals surface area contributed by atoms with E-state index in [1.165, 1.54) is 11.1 Å². The Kier molecular flexibility index (Phi) is 4.99. The van der Waals surface area contributed by atoms with Crippen LogP contribution in [0.15, 0.2) is 48.5 Å². The van der Waals surface area contributed by atoms with E-state index >= 15 is 0 Å². The van der Waals surface area contributed by atoms with Gasteiger partial charge in [0.1, 0.15) is 0 Å². The van der Waals surface area contributed by atoms with E-state index in [1.54, 1.807) is 13.0 Å². The average Bonchev–Trinajstić information content (AvgIpc) is 2.46. The number of fused-ring (bicyclic) bond motifs is 1. The number of hydrogen-bond donors (Lipinski definition) is 1. The Morgan fingerprint density at radius 1 is 1.05 bits per heavy atom. The summed E-state index contributed by atoms with van der Waals surface area (Å²) in [7, 11) is 0. The van der Waals surface area contributed by atoms with Crippen molar-refractivity contribution in [3.8, 4) is 11.1 Å². The Balaban J connectivity index is 0.000000218. The van der Waals surface area contributed by atoms with Crippen molar-refractivity contribution in [3.63, 3.8) is 0 Å². The summed E-state index contributed by atoms with van der Waals surface area (Å²) in [5.74, 6) is -0.441. The van der Waals surface area contributed by atoms with Crippen molar-refractivity contribution in [1.82, 2.24) is 0 Å². The summed E-state index contributed by atoms with van der Waals surface area (Å²) < 4.78 is 5.01. The third-order valence-corrected chi connectivity index (χ3v) is 3.57. The summed E-state index contributed by atoms with van der Waals surface area (Å²) in [4.78, 5) is 11.6. The second-order valence-corrected chi connectivity index (χ2v) is 4.92. The van der Waals surface area contributed by atoms with E-state index in [2.05, 4.69) is 24.3 Å². The molecule has 0 radical (unpaired) electrons. The van der Waals surface area contributed by atoms with Crippen LogP contribution in [0, 0.1) is 0 Å². The highest BCUT2D eigenvalue weighted by Crippen LogP contribution is 2.29. The molecule has 1 atom stereocenters. The van der Waals surface area contributed by atoms with Crippen LogP contribution in [0.4, 0.5) is 5.69 Å². The van der Waals surface area contributed by atoms with Crippen LogP contribution in [0.2, 0.25) is 0 Å². The second-order valence-electron chi connectivity index (χ2n) is 4.92. The molecule has 0 amide bonds.